The Morgan fingerprint density at radius 2 is 1.88 bits per heavy atom. The standard InChI is InChI=1S/C30H34F2N4O6/c1-18-15-35(12-13-36(18)30(38)40-17-20-6-4-3-5-7-20)28(37)25-26(19(2)33)42-27(34-25)22-10-11-23(41-29(31)32)24(14-22)39-16-21-8-9-21/h3-7,10-11,14,18-19,21,29H,8-9,12-13,15-17,33H2,1-2H3/t18-,19?/m1/s1. The summed E-state index contributed by atoms with van der Waals surface area (Å²) in [6, 6.07) is 12.8. The van der Waals surface area contributed by atoms with Crippen LogP contribution in [0.5, 0.6) is 11.5 Å². The van der Waals surface area contributed by atoms with Crippen LogP contribution in [0, 0.1) is 5.92 Å². The summed E-state index contributed by atoms with van der Waals surface area (Å²) in [4.78, 5) is 34.0. The van der Waals surface area contributed by atoms with Gasteiger partial charge in [0.2, 0.25) is 5.89 Å². The number of rotatable bonds is 10. The number of hydrogen-bond donors (Lipinski definition) is 1. The molecule has 2 fully saturated rings. The molecule has 2 amide bonds. The van der Waals surface area contributed by atoms with Gasteiger partial charge in [0.1, 0.15) is 6.61 Å². The molecule has 0 radical (unpaired) electrons. The second-order valence-corrected chi connectivity index (χ2v) is 10.6. The second kappa shape index (κ2) is 12.8. The number of ether oxygens (including phenoxy) is 3. The van der Waals surface area contributed by atoms with Crippen LogP contribution in [0.4, 0.5) is 13.6 Å². The number of oxazole rings is 1. The molecule has 2 heterocycles. The fourth-order valence-electron chi connectivity index (χ4n) is 4.72. The van der Waals surface area contributed by atoms with E-state index in [9.17, 15) is 18.4 Å². The molecule has 224 valence electrons. The largest absolute Gasteiger partial charge is 0.489 e. The number of hydrogen-bond acceptors (Lipinski definition) is 8. The summed E-state index contributed by atoms with van der Waals surface area (Å²) in [5.41, 5.74) is 7.50. The molecule has 1 saturated heterocycles. The Morgan fingerprint density at radius 3 is 2.55 bits per heavy atom. The van der Waals surface area contributed by atoms with Crippen LogP contribution in [0.1, 0.15) is 54.5 Å². The first-order valence-corrected chi connectivity index (χ1v) is 13.9. The first-order valence-electron chi connectivity index (χ1n) is 13.9. The number of piperazine rings is 1. The van der Waals surface area contributed by atoms with Gasteiger partial charge in [0.25, 0.3) is 5.91 Å². The molecule has 2 aromatic carbocycles. The lowest BCUT2D eigenvalue weighted by atomic mass is 10.1. The zero-order valence-corrected chi connectivity index (χ0v) is 23.5. The third-order valence-corrected chi connectivity index (χ3v) is 7.20. The summed E-state index contributed by atoms with van der Waals surface area (Å²) in [7, 11) is 0. The number of amides is 2. The van der Waals surface area contributed by atoms with Crippen LogP contribution in [0.2, 0.25) is 0 Å². The first-order chi connectivity index (χ1) is 20.2. The van der Waals surface area contributed by atoms with Gasteiger partial charge in [-0.1, -0.05) is 30.3 Å². The van der Waals surface area contributed by atoms with Crippen LogP contribution in [0.15, 0.2) is 52.9 Å². The molecule has 12 heteroatoms. The summed E-state index contributed by atoms with van der Waals surface area (Å²) in [5, 5.41) is 0. The van der Waals surface area contributed by atoms with Gasteiger partial charge in [0.15, 0.2) is 23.0 Å². The number of benzene rings is 2. The van der Waals surface area contributed by atoms with E-state index in [2.05, 4.69) is 9.72 Å². The van der Waals surface area contributed by atoms with E-state index in [4.69, 9.17) is 19.6 Å². The number of alkyl halides is 2. The highest BCUT2D eigenvalue weighted by molar-refractivity contribution is 5.94. The van der Waals surface area contributed by atoms with Crippen molar-refractivity contribution in [3.63, 3.8) is 0 Å². The van der Waals surface area contributed by atoms with Crippen molar-refractivity contribution >= 4 is 12.0 Å². The zero-order chi connectivity index (χ0) is 29.8. The number of carbonyl (C=O) groups is 2. The molecular formula is C30H34F2N4O6. The minimum Gasteiger partial charge on any atom is -0.489 e. The van der Waals surface area contributed by atoms with Crippen LogP contribution < -0.4 is 15.2 Å². The van der Waals surface area contributed by atoms with Crippen molar-refractivity contribution in [2.75, 3.05) is 26.2 Å². The molecule has 1 aliphatic carbocycles. The molecular weight excluding hydrogens is 550 g/mol. The van der Waals surface area contributed by atoms with E-state index in [-0.39, 0.29) is 67.0 Å². The van der Waals surface area contributed by atoms with Crippen molar-refractivity contribution in [2.45, 2.75) is 52.0 Å². The van der Waals surface area contributed by atoms with Crippen molar-refractivity contribution in [1.82, 2.24) is 14.8 Å². The number of carbonyl (C=O) groups excluding carboxylic acids is 2. The third-order valence-electron chi connectivity index (χ3n) is 7.20. The van der Waals surface area contributed by atoms with Crippen molar-refractivity contribution < 1.29 is 37.0 Å². The highest BCUT2D eigenvalue weighted by Gasteiger charge is 2.34. The summed E-state index contributed by atoms with van der Waals surface area (Å²) in [5.74, 6) is 0.333. The SMILES string of the molecule is CC(N)c1oc(-c2ccc(OC(F)F)c(OCC3CC3)c2)nc1C(=O)N1CCN(C(=O)OCc2ccccc2)[C@H](C)C1. The molecule has 0 bridgehead atoms. The predicted molar refractivity (Wildman–Crippen MR) is 148 cm³/mol. The smallest absolute Gasteiger partial charge is 0.410 e. The van der Waals surface area contributed by atoms with E-state index in [0.29, 0.717) is 18.1 Å². The molecule has 3 aromatic rings. The molecule has 0 spiro atoms. The molecule has 42 heavy (non-hydrogen) atoms. The first kappa shape index (κ1) is 29.3. The molecule has 1 unspecified atom stereocenters. The van der Waals surface area contributed by atoms with E-state index in [1.54, 1.807) is 16.7 Å². The maximum Gasteiger partial charge on any atom is 0.410 e. The average molecular weight is 585 g/mol. The molecule has 1 aliphatic heterocycles. The van der Waals surface area contributed by atoms with Gasteiger partial charge < -0.3 is 34.2 Å². The normalized spacial score (nSPS) is 17.7. The molecule has 1 aromatic heterocycles. The topological polar surface area (TPSA) is 120 Å². The molecule has 2 atom stereocenters. The van der Waals surface area contributed by atoms with Gasteiger partial charge in [-0.05, 0) is 56.4 Å². The second-order valence-electron chi connectivity index (χ2n) is 10.6. The number of nitrogens with zero attached hydrogens (tertiary/aromatic N) is 3. The van der Waals surface area contributed by atoms with Gasteiger partial charge in [-0.2, -0.15) is 8.78 Å². The van der Waals surface area contributed by atoms with Crippen molar-refractivity contribution in [2.24, 2.45) is 11.7 Å². The summed E-state index contributed by atoms with van der Waals surface area (Å²) >= 11 is 0. The van der Waals surface area contributed by atoms with Gasteiger partial charge in [-0.3, -0.25) is 4.79 Å². The Morgan fingerprint density at radius 1 is 1.12 bits per heavy atom. The summed E-state index contributed by atoms with van der Waals surface area (Å²) in [6.07, 6.45) is 1.60. The van der Waals surface area contributed by atoms with Crippen LogP contribution in [0.25, 0.3) is 11.5 Å². The number of aromatic nitrogens is 1. The Kier molecular flexibility index (Phi) is 8.91. The van der Waals surface area contributed by atoms with Crippen molar-refractivity contribution in [1.29, 1.82) is 0 Å². The zero-order valence-electron chi connectivity index (χ0n) is 23.5. The van der Waals surface area contributed by atoms with Crippen LogP contribution in [0.3, 0.4) is 0 Å². The number of halogens is 2. The van der Waals surface area contributed by atoms with Crippen LogP contribution in [-0.4, -0.2) is 65.7 Å². The Labute approximate surface area is 242 Å². The Hall–Kier alpha value is -4.19. The highest BCUT2D eigenvalue weighted by Crippen LogP contribution is 2.37. The van der Waals surface area contributed by atoms with Gasteiger partial charge in [-0.25, -0.2) is 9.78 Å². The molecule has 5 rings (SSSR count). The van der Waals surface area contributed by atoms with Crippen LogP contribution in [-0.2, 0) is 11.3 Å². The quantitative estimate of drug-likeness (QED) is 0.344. The lowest BCUT2D eigenvalue weighted by molar-refractivity contribution is -0.0515. The molecule has 2 N–H and O–H groups in total. The van der Waals surface area contributed by atoms with Gasteiger partial charge >= 0.3 is 12.7 Å². The fourth-order valence-corrected chi connectivity index (χ4v) is 4.72. The van der Waals surface area contributed by atoms with E-state index in [1.165, 1.54) is 18.2 Å². The van der Waals surface area contributed by atoms with Crippen molar-refractivity contribution in [3.8, 4) is 23.0 Å². The molecule has 10 nitrogen and oxygen atoms in total. The van der Waals surface area contributed by atoms with E-state index in [0.717, 1.165) is 18.4 Å². The summed E-state index contributed by atoms with van der Waals surface area (Å²) in [6.45, 7) is 1.86. The lowest BCUT2D eigenvalue weighted by Crippen LogP contribution is -2.55. The van der Waals surface area contributed by atoms with Gasteiger partial charge in [0.05, 0.1) is 12.6 Å². The summed E-state index contributed by atoms with van der Waals surface area (Å²) < 4.78 is 47.7. The van der Waals surface area contributed by atoms with E-state index < -0.39 is 18.7 Å². The van der Waals surface area contributed by atoms with Gasteiger partial charge in [-0.15, -0.1) is 0 Å². The average Bonchev–Trinajstić information content (AvgIpc) is 3.70. The van der Waals surface area contributed by atoms with E-state index >= 15 is 0 Å². The Balaban J connectivity index is 1.29. The monoisotopic (exact) mass is 584 g/mol. The molecule has 2 aliphatic rings. The van der Waals surface area contributed by atoms with Crippen LogP contribution >= 0.6 is 0 Å². The lowest BCUT2D eigenvalue weighted by Gasteiger charge is -2.38. The minimum absolute atomic E-state index is 0.0562. The van der Waals surface area contributed by atoms with Crippen molar-refractivity contribution in [3.05, 3.63) is 65.5 Å². The maximum atomic E-state index is 13.6. The highest BCUT2D eigenvalue weighted by atomic mass is 19.3. The van der Waals surface area contributed by atoms with Gasteiger partial charge in [0, 0.05) is 31.2 Å². The minimum atomic E-state index is -3.01. The number of nitrogens with two attached hydrogens (primary N) is 1. The third kappa shape index (κ3) is 6.99. The predicted octanol–water partition coefficient (Wildman–Crippen LogP) is 5.23. The maximum absolute atomic E-state index is 13.6. The fraction of sp³-hybridized carbons (Fsp3) is 0.433. The van der Waals surface area contributed by atoms with E-state index in [1.807, 2.05) is 37.3 Å². The Bertz CT molecular complexity index is 1400. The molecule has 1 saturated carbocycles.